The second-order valence-electron chi connectivity index (χ2n) is 25.5. The summed E-state index contributed by atoms with van der Waals surface area (Å²) in [5, 5.41) is 31.9. The largest absolute Gasteiger partial charge is 1.00 e. The number of hydrogen-bond donors (Lipinski definition) is 2. The Bertz CT molecular complexity index is 1370. The average molecular weight is 1060 g/mol. The summed E-state index contributed by atoms with van der Waals surface area (Å²) in [5.74, 6) is -0.539. The first-order valence-corrected chi connectivity index (χ1v) is 22.0. The molecule has 0 bridgehead atoms. The molecule has 17 heteroatoms. The van der Waals surface area contributed by atoms with Gasteiger partial charge in [-0.1, -0.05) is 99.0 Å². The molecule has 0 saturated carbocycles. The van der Waals surface area contributed by atoms with Crippen LogP contribution in [0.15, 0.2) is 0 Å². The predicted molar refractivity (Wildman–Crippen MR) is 252 cm³/mol. The Morgan fingerprint density at radius 2 is 0.908 bits per heavy atom. The number of carbonyl (C=O) groups is 5. The van der Waals surface area contributed by atoms with Crippen LogP contribution in [0.25, 0.3) is 0 Å². The Balaban J connectivity index is -0.0000000998. The molecule has 65 heavy (non-hydrogen) atoms. The number of halogens is 4. The van der Waals surface area contributed by atoms with Crippen molar-refractivity contribution in [2.75, 3.05) is 0 Å². The van der Waals surface area contributed by atoms with Gasteiger partial charge in [0, 0.05) is 11.1 Å². The molecule has 0 unspecified atom stereocenters. The van der Waals surface area contributed by atoms with E-state index in [1.807, 2.05) is 88.0 Å². The van der Waals surface area contributed by atoms with Crippen molar-refractivity contribution in [3.05, 3.63) is 0 Å². The number of alkyl halides is 4. The molecule has 0 aromatic carbocycles. The number of ether oxygens (including phenoxy) is 1. The van der Waals surface area contributed by atoms with Gasteiger partial charge in [0.1, 0.15) is 11.1 Å². The summed E-state index contributed by atoms with van der Waals surface area (Å²) in [5.41, 5.74) is -3.03. The SMILES string of the molecule is CC(C)(C)CC(C)(C)C(=O)O.CC(C)(C)CC(C)(C)C(=O)OC(C)(C)C.CC(C)(C)N1C(=O)C1(C)C.CC(C)(C)NC(=O)C(C)(C)Br.CC(C)(C)[O-].CC(C)(C)[O-].O=CC(F)(F)F.[K+].[K+]. The van der Waals surface area contributed by atoms with Crippen LogP contribution in [0.5, 0.6) is 0 Å². The molecular formula is C48H94BrF3K2N2O9. The van der Waals surface area contributed by atoms with Gasteiger partial charge < -0.3 is 30.3 Å². The summed E-state index contributed by atoms with van der Waals surface area (Å²) in [4.78, 5) is 55.7. The van der Waals surface area contributed by atoms with Gasteiger partial charge in [0.25, 0.3) is 0 Å². The molecule has 0 radical (unpaired) electrons. The summed E-state index contributed by atoms with van der Waals surface area (Å²) >= 11 is 3.28. The van der Waals surface area contributed by atoms with Crippen LogP contribution in [0, 0.1) is 21.7 Å². The number of aliphatic carboxylic acids is 1. The molecule has 1 saturated heterocycles. The molecular weight excluding hydrogens is 964 g/mol. The fourth-order valence-corrected chi connectivity index (χ4v) is 5.33. The molecule has 1 fully saturated rings. The zero-order chi connectivity index (χ0) is 53.4. The zero-order valence-corrected chi connectivity index (χ0v) is 55.0. The van der Waals surface area contributed by atoms with Gasteiger partial charge in [-0.05, 0) is 141 Å². The van der Waals surface area contributed by atoms with Crippen molar-refractivity contribution in [2.45, 2.75) is 258 Å². The second-order valence-corrected chi connectivity index (χ2v) is 27.5. The maximum absolute atomic E-state index is 11.9. The number of esters is 1. The summed E-state index contributed by atoms with van der Waals surface area (Å²) in [7, 11) is 0. The van der Waals surface area contributed by atoms with Gasteiger partial charge in [-0.15, -0.1) is 11.2 Å². The van der Waals surface area contributed by atoms with Crippen molar-refractivity contribution in [2.24, 2.45) is 21.7 Å². The van der Waals surface area contributed by atoms with Crippen molar-refractivity contribution in [1.82, 2.24) is 10.2 Å². The van der Waals surface area contributed by atoms with E-state index in [1.54, 1.807) is 55.4 Å². The van der Waals surface area contributed by atoms with Crippen molar-refractivity contribution in [1.29, 1.82) is 0 Å². The van der Waals surface area contributed by atoms with E-state index < -0.39 is 50.4 Å². The molecule has 1 aliphatic heterocycles. The zero-order valence-electron chi connectivity index (χ0n) is 47.2. The fourth-order valence-electron chi connectivity index (χ4n) is 5.23. The van der Waals surface area contributed by atoms with Crippen LogP contribution in [0.2, 0.25) is 0 Å². The molecule has 0 spiro atoms. The minimum Gasteiger partial charge on any atom is -0.850 e. The molecule has 1 heterocycles. The molecule has 2 N–H and O–H groups in total. The number of hydrogen-bond acceptors (Lipinski definition) is 8. The first-order valence-electron chi connectivity index (χ1n) is 21.2. The van der Waals surface area contributed by atoms with Gasteiger partial charge in [-0.3, -0.25) is 24.0 Å². The fraction of sp³-hybridized carbons (Fsp3) is 0.896. The van der Waals surface area contributed by atoms with Crippen LogP contribution in [-0.4, -0.2) is 84.0 Å². The first kappa shape index (κ1) is 82.9. The topological polar surface area (TPSA) is 176 Å². The van der Waals surface area contributed by atoms with E-state index in [0.717, 1.165) is 6.42 Å². The third-order valence-electron chi connectivity index (χ3n) is 6.54. The summed E-state index contributed by atoms with van der Waals surface area (Å²) in [6.07, 6.45) is -4.17. The molecule has 0 atom stereocenters. The van der Waals surface area contributed by atoms with Gasteiger partial charge >= 0.3 is 121 Å². The van der Waals surface area contributed by atoms with Crippen LogP contribution in [0.1, 0.15) is 214 Å². The first-order chi connectivity index (χ1) is 26.5. The Kier molecular flexibility index (Phi) is 39.3. The van der Waals surface area contributed by atoms with E-state index in [-0.39, 0.29) is 148 Å². The van der Waals surface area contributed by atoms with Crippen LogP contribution in [0.4, 0.5) is 13.2 Å². The monoisotopic (exact) mass is 1060 g/mol. The third-order valence-corrected chi connectivity index (χ3v) is 6.90. The summed E-state index contributed by atoms with van der Waals surface area (Å²) in [6, 6.07) is 0. The number of amides is 2. The maximum atomic E-state index is 11.9. The summed E-state index contributed by atoms with van der Waals surface area (Å²) < 4.78 is 36.2. The number of carbonyl (C=O) groups excluding carboxylic acids is 4. The van der Waals surface area contributed by atoms with Crippen molar-refractivity contribution in [3.8, 4) is 0 Å². The van der Waals surface area contributed by atoms with Crippen LogP contribution in [0.3, 0.4) is 0 Å². The molecule has 1 aliphatic rings. The molecule has 0 aromatic rings. The third kappa shape index (κ3) is 63.0. The molecule has 2 amide bonds. The molecule has 0 aliphatic carbocycles. The van der Waals surface area contributed by atoms with Crippen LogP contribution in [-0.2, 0) is 28.7 Å². The molecule has 0 aromatic heterocycles. The standard InChI is InChI=1S/C13H26O2.C9H18O2.C8H16BrNO.C8H15NO.2C4H9O.C2HF3O.2K/c1-11(2,3)9-13(7,8)10(14)15-12(4,5)6;1-8(2,3)6-9(4,5)7(10)11;1-7(2,3)10-6(11)8(4,5)9;1-7(2,3)9-6(10)8(9,4)5;2*1-4(2,3)5;3-2(4,5)1-6;;/h9H2,1-8H3;6H2,1-5H3,(H,10,11);1-5H3,(H,10,11);1-5H3;2*1-3H3;1H;;/q;;;;2*-1;;2*+1. The molecule has 11 nitrogen and oxygen atoms in total. The second kappa shape index (κ2) is 30.8. The Labute approximate surface area is 489 Å². The van der Waals surface area contributed by atoms with E-state index >= 15 is 0 Å². The quantitative estimate of drug-likeness (QED) is 0.128. The summed E-state index contributed by atoms with van der Waals surface area (Å²) in [6.45, 7) is 55.1. The van der Waals surface area contributed by atoms with Crippen LogP contribution >= 0.6 is 15.9 Å². The van der Waals surface area contributed by atoms with E-state index in [4.69, 9.17) is 14.6 Å². The van der Waals surface area contributed by atoms with Gasteiger partial charge in [0.05, 0.1) is 15.2 Å². The molecule has 380 valence electrons. The Hall–Kier alpha value is 1.01. The number of nitrogens with zero attached hydrogens (tertiary/aromatic N) is 1. The van der Waals surface area contributed by atoms with Gasteiger partial charge in [0.15, 0.2) is 0 Å². The number of aldehydes is 1. The van der Waals surface area contributed by atoms with E-state index in [0.29, 0.717) is 6.42 Å². The van der Waals surface area contributed by atoms with Gasteiger partial charge in [-0.25, -0.2) is 0 Å². The van der Waals surface area contributed by atoms with Crippen molar-refractivity contribution < 1.29 is 160 Å². The number of nitrogens with one attached hydrogen (secondary N) is 1. The minimum atomic E-state index is -4.64. The molecule has 1 rings (SSSR count). The Morgan fingerprint density at radius 1 is 0.662 bits per heavy atom. The van der Waals surface area contributed by atoms with E-state index in [9.17, 15) is 42.6 Å². The Morgan fingerprint density at radius 3 is 1.00 bits per heavy atom. The van der Waals surface area contributed by atoms with Crippen molar-refractivity contribution >= 4 is 46.0 Å². The predicted octanol–water partition coefficient (Wildman–Crippen LogP) is 4.85. The number of rotatable bonds is 5. The minimum absolute atomic E-state index is 0. The van der Waals surface area contributed by atoms with E-state index in [1.165, 1.54) is 0 Å². The average Bonchev–Trinajstić information content (AvgIpc) is 3.39. The maximum Gasteiger partial charge on any atom is 1.00 e. The smallest absolute Gasteiger partial charge is 0.850 e. The van der Waals surface area contributed by atoms with Crippen LogP contribution < -0.4 is 118 Å². The number of carboxylic acids is 1. The number of carboxylic acid groups (broad SMARTS) is 1. The van der Waals surface area contributed by atoms with Gasteiger partial charge in [0.2, 0.25) is 18.1 Å². The van der Waals surface area contributed by atoms with Crippen molar-refractivity contribution in [3.63, 3.8) is 0 Å². The normalized spacial score (nSPS) is 14.1. The van der Waals surface area contributed by atoms with E-state index in [2.05, 4.69) is 83.6 Å². The van der Waals surface area contributed by atoms with Gasteiger partial charge in [-0.2, -0.15) is 13.2 Å².